The molecule has 7 nitrogen and oxygen atoms in total. The molecule has 0 unspecified atom stereocenters. The maximum Gasteiger partial charge on any atom is 0.243 e. The lowest BCUT2D eigenvalue weighted by Gasteiger charge is -2.27. The third kappa shape index (κ3) is 5.97. The number of thioether (sulfide) groups is 1. The zero-order valence-corrected chi connectivity index (χ0v) is 19.3. The van der Waals surface area contributed by atoms with E-state index in [1.807, 2.05) is 6.07 Å². The highest BCUT2D eigenvalue weighted by Gasteiger charge is 2.28. The van der Waals surface area contributed by atoms with Crippen LogP contribution in [-0.2, 0) is 14.8 Å². The van der Waals surface area contributed by atoms with Crippen molar-refractivity contribution in [1.29, 1.82) is 0 Å². The minimum atomic E-state index is -3.56. The highest BCUT2D eigenvalue weighted by Crippen LogP contribution is 2.32. The molecule has 10 heteroatoms. The summed E-state index contributed by atoms with van der Waals surface area (Å²) < 4.78 is 32.9. The first-order valence-corrected chi connectivity index (χ1v) is 13.3. The number of hydrogen-bond acceptors (Lipinski definition) is 6. The van der Waals surface area contributed by atoms with Gasteiger partial charge < -0.3 is 20.3 Å². The van der Waals surface area contributed by atoms with E-state index in [0.29, 0.717) is 31.4 Å². The maximum absolute atomic E-state index is 13.1. The van der Waals surface area contributed by atoms with Crippen LogP contribution in [0.4, 0.5) is 11.4 Å². The molecular weight excluding hydrogens is 428 g/mol. The smallest absolute Gasteiger partial charge is 0.243 e. The van der Waals surface area contributed by atoms with E-state index < -0.39 is 10.0 Å². The number of sulfonamides is 1. The Hall–Kier alpha value is -1.07. The van der Waals surface area contributed by atoms with Crippen LogP contribution in [0.1, 0.15) is 19.3 Å². The Morgan fingerprint density at radius 2 is 1.93 bits per heavy atom. The molecule has 0 saturated carbocycles. The average molecular weight is 459 g/mol. The van der Waals surface area contributed by atoms with Crippen LogP contribution in [0, 0.1) is 0 Å². The topological polar surface area (TPSA) is 73.9 Å². The third-order valence-electron chi connectivity index (χ3n) is 5.08. The average Bonchev–Trinajstić information content (AvgIpc) is 3.26. The highest BCUT2D eigenvalue weighted by molar-refractivity contribution is 7.98. The summed E-state index contributed by atoms with van der Waals surface area (Å²) in [4.78, 5) is 2.57. The molecule has 2 aliphatic heterocycles. The summed E-state index contributed by atoms with van der Waals surface area (Å²) >= 11 is 7.26. The molecule has 1 aromatic carbocycles. The van der Waals surface area contributed by atoms with Crippen LogP contribution < -0.4 is 15.5 Å². The van der Waals surface area contributed by atoms with Crippen molar-refractivity contribution in [3.8, 4) is 0 Å². The van der Waals surface area contributed by atoms with E-state index in [2.05, 4.69) is 21.8 Å². The summed E-state index contributed by atoms with van der Waals surface area (Å²) in [5.74, 6) is 1.07. The summed E-state index contributed by atoms with van der Waals surface area (Å²) in [6.45, 7) is 4.36. The lowest BCUT2D eigenvalue weighted by molar-refractivity contribution is 0.0730. The standard InChI is InChI=1S/C19H30N4O3S3/c1-28-14-4-7-20-19(27)21-17-15-16(5-6-18(17)22-8-2-3-9-22)29(24,25)23-10-12-26-13-11-23/h5-6,15H,2-4,7-14H2,1H3,(H2,20,21,27). The largest absolute Gasteiger partial charge is 0.379 e. The Kier molecular flexibility index (Phi) is 8.43. The van der Waals surface area contributed by atoms with Gasteiger partial charge in [0.2, 0.25) is 10.0 Å². The molecule has 1 aromatic rings. The van der Waals surface area contributed by atoms with Gasteiger partial charge >= 0.3 is 0 Å². The summed E-state index contributed by atoms with van der Waals surface area (Å²) in [6, 6.07) is 5.32. The Morgan fingerprint density at radius 1 is 1.21 bits per heavy atom. The normalized spacial score (nSPS) is 18.0. The first-order chi connectivity index (χ1) is 14.0. The number of morpholine rings is 1. The molecule has 0 spiro atoms. The molecule has 2 aliphatic rings. The molecule has 29 heavy (non-hydrogen) atoms. The molecule has 0 radical (unpaired) electrons. The molecule has 0 aliphatic carbocycles. The molecule has 0 aromatic heterocycles. The van der Waals surface area contributed by atoms with Crippen molar-refractivity contribution in [3.05, 3.63) is 18.2 Å². The van der Waals surface area contributed by atoms with Crippen molar-refractivity contribution in [2.24, 2.45) is 0 Å². The number of thiocarbonyl (C=S) groups is 1. The first kappa shape index (κ1) is 22.6. The minimum Gasteiger partial charge on any atom is -0.379 e. The van der Waals surface area contributed by atoms with Crippen molar-refractivity contribution in [1.82, 2.24) is 9.62 Å². The van der Waals surface area contributed by atoms with Crippen LogP contribution in [0.25, 0.3) is 0 Å². The van der Waals surface area contributed by atoms with E-state index in [-0.39, 0.29) is 4.90 Å². The predicted octanol–water partition coefficient (Wildman–Crippen LogP) is 2.35. The molecule has 0 bridgehead atoms. The molecule has 2 heterocycles. The molecule has 0 atom stereocenters. The van der Waals surface area contributed by atoms with Gasteiger partial charge in [0.1, 0.15) is 0 Å². The second-order valence-electron chi connectivity index (χ2n) is 7.12. The van der Waals surface area contributed by atoms with Gasteiger partial charge in [-0.05, 0) is 61.7 Å². The molecule has 2 fully saturated rings. The lowest BCUT2D eigenvalue weighted by Crippen LogP contribution is -2.40. The Labute approximate surface area is 183 Å². The number of anilines is 2. The van der Waals surface area contributed by atoms with E-state index >= 15 is 0 Å². The van der Waals surface area contributed by atoms with Crippen LogP contribution in [0.15, 0.2) is 23.1 Å². The number of nitrogens with one attached hydrogen (secondary N) is 2. The van der Waals surface area contributed by atoms with Gasteiger partial charge in [-0.1, -0.05) is 0 Å². The monoisotopic (exact) mass is 458 g/mol. The first-order valence-electron chi connectivity index (χ1n) is 10.0. The van der Waals surface area contributed by atoms with Gasteiger partial charge in [0.15, 0.2) is 5.11 Å². The molecular formula is C19H30N4O3S3. The van der Waals surface area contributed by atoms with E-state index in [0.717, 1.165) is 56.0 Å². The number of ether oxygens (including phenoxy) is 1. The van der Waals surface area contributed by atoms with Crippen LogP contribution in [0.3, 0.4) is 0 Å². The van der Waals surface area contributed by atoms with E-state index in [1.54, 1.807) is 23.9 Å². The minimum absolute atomic E-state index is 0.287. The molecule has 2 saturated heterocycles. The molecule has 2 N–H and O–H groups in total. The van der Waals surface area contributed by atoms with Gasteiger partial charge in [0, 0.05) is 32.7 Å². The summed E-state index contributed by atoms with van der Waals surface area (Å²) in [5.41, 5.74) is 1.74. The van der Waals surface area contributed by atoms with Crippen molar-refractivity contribution < 1.29 is 13.2 Å². The van der Waals surface area contributed by atoms with Crippen LogP contribution in [0.5, 0.6) is 0 Å². The van der Waals surface area contributed by atoms with Gasteiger partial charge in [0.05, 0.1) is 29.5 Å². The summed E-state index contributed by atoms with van der Waals surface area (Å²) in [7, 11) is -3.56. The SMILES string of the molecule is CSCCCNC(=S)Nc1cc(S(=O)(=O)N2CCOCC2)ccc1N1CCCC1. The Morgan fingerprint density at radius 3 is 2.62 bits per heavy atom. The summed E-state index contributed by atoms with van der Waals surface area (Å²) in [5, 5.41) is 6.98. The number of nitrogens with zero attached hydrogens (tertiary/aromatic N) is 2. The van der Waals surface area contributed by atoms with E-state index in [4.69, 9.17) is 17.0 Å². The van der Waals surface area contributed by atoms with Crippen molar-refractivity contribution in [2.45, 2.75) is 24.2 Å². The Bertz CT molecular complexity index is 792. The van der Waals surface area contributed by atoms with Crippen molar-refractivity contribution in [3.63, 3.8) is 0 Å². The van der Waals surface area contributed by atoms with Crippen LogP contribution in [-0.4, -0.2) is 75.8 Å². The highest BCUT2D eigenvalue weighted by atomic mass is 32.2. The van der Waals surface area contributed by atoms with Gasteiger partial charge in [-0.2, -0.15) is 16.1 Å². The molecule has 3 rings (SSSR count). The maximum atomic E-state index is 13.1. The fourth-order valence-electron chi connectivity index (χ4n) is 3.53. The lowest BCUT2D eigenvalue weighted by atomic mass is 10.2. The van der Waals surface area contributed by atoms with E-state index in [9.17, 15) is 8.42 Å². The van der Waals surface area contributed by atoms with Gasteiger partial charge in [-0.15, -0.1) is 0 Å². The van der Waals surface area contributed by atoms with Crippen molar-refractivity contribution >= 4 is 50.5 Å². The number of hydrogen-bond donors (Lipinski definition) is 2. The zero-order chi connectivity index (χ0) is 20.7. The van der Waals surface area contributed by atoms with Crippen LogP contribution in [0.2, 0.25) is 0 Å². The fraction of sp³-hybridized carbons (Fsp3) is 0.632. The fourth-order valence-corrected chi connectivity index (χ4v) is 5.61. The van der Waals surface area contributed by atoms with Gasteiger partial charge in [-0.25, -0.2) is 8.42 Å². The molecule has 0 amide bonds. The number of benzene rings is 1. The quantitative estimate of drug-likeness (QED) is 0.454. The second-order valence-corrected chi connectivity index (χ2v) is 10.4. The summed E-state index contributed by atoms with van der Waals surface area (Å²) in [6.07, 6.45) is 5.39. The van der Waals surface area contributed by atoms with Crippen LogP contribution >= 0.6 is 24.0 Å². The Balaban J connectivity index is 1.80. The van der Waals surface area contributed by atoms with E-state index in [1.165, 1.54) is 4.31 Å². The van der Waals surface area contributed by atoms with Crippen molar-refractivity contribution in [2.75, 3.05) is 68.2 Å². The second kappa shape index (κ2) is 10.8. The zero-order valence-electron chi connectivity index (χ0n) is 16.9. The third-order valence-corrected chi connectivity index (χ3v) is 7.92. The van der Waals surface area contributed by atoms with Gasteiger partial charge in [-0.3, -0.25) is 0 Å². The molecule has 162 valence electrons. The number of rotatable bonds is 8. The van der Waals surface area contributed by atoms with Gasteiger partial charge in [0.25, 0.3) is 0 Å². The predicted molar refractivity (Wildman–Crippen MR) is 125 cm³/mol.